The van der Waals surface area contributed by atoms with Gasteiger partial charge < -0.3 is 9.88 Å². The molecule has 0 bridgehead atoms. The zero-order chi connectivity index (χ0) is 21.1. The molecular formula is C24H23FN4O. The summed E-state index contributed by atoms with van der Waals surface area (Å²) >= 11 is 0. The van der Waals surface area contributed by atoms with Crippen LogP contribution in [0, 0.1) is 12.7 Å². The van der Waals surface area contributed by atoms with Crippen LogP contribution in [0.1, 0.15) is 34.5 Å². The van der Waals surface area contributed by atoms with Gasteiger partial charge in [0.2, 0.25) is 0 Å². The van der Waals surface area contributed by atoms with E-state index >= 15 is 0 Å². The molecule has 2 aromatic carbocycles. The van der Waals surface area contributed by atoms with E-state index < -0.39 is 0 Å². The Kier molecular flexibility index (Phi) is 5.48. The normalized spacial score (nSPS) is 12.0. The molecule has 0 unspecified atom stereocenters. The van der Waals surface area contributed by atoms with Gasteiger partial charge in [0.1, 0.15) is 11.4 Å². The van der Waals surface area contributed by atoms with E-state index in [0.29, 0.717) is 29.3 Å². The zero-order valence-electron chi connectivity index (χ0n) is 16.9. The molecule has 0 saturated heterocycles. The van der Waals surface area contributed by atoms with Crippen molar-refractivity contribution in [2.75, 3.05) is 6.54 Å². The first-order valence-corrected chi connectivity index (χ1v) is 9.86. The lowest BCUT2D eigenvalue weighted by molar-refractivity contribution is 0.0951. The molecule has 0 aliphatic rings. The second-order valence-corrected chi connectivity index (χ2v) is 7.28. The van der Waals surface area contributed by atoms with Gasteiger partial charge in [-0.25, -0.2) is 9.07 Å². The summed E-state index contributed by atoms with van der Waals surface area (Å²) in [6.07, 6.45) is 3.72. The molecule has 1 N–H and O–H groups in total. The van der Waals surface area contributed by atoms with Gasteiger partial charge in [-0.3, -0.25) is 4.79 Å². The van der Waals surface area contributed by atoms with Gasteiger partial charge in [-0.1, -0.05) is 37.3 Å². The third-order valence-electron chi connectivity index (χ3n) is 5.12. The highest BCUT2D eigenvalue weighted by atomic mass is 19.1. The minimum Gasteiger partial charge on any atom is -0.351 e. The molecule has 5 nitrogen and oxygen atoms in total. The number of hydrogen-bond acceptors (Lipinski definition) is 2. The molecule has 0 fully saturated rings. The number of rotatable bonds is 6. The van der Waals surface area contributed by atoms with Crippen molar-refractivity contribution < 1.29 is 9.18 Å². The summed E-state index contributed by atoms with van der Waals surface area (Å²) in [6, 6.07) is 19.9. The highest BCUT2D eigenvalue weighted by Gasteiger charge is 2.24. The number of benzene rings is 2. The molecule has 4 rings (SSSR count). The van der Waals surface area contributed by atoms with Crippen molar-refractivity contribution in [1.82, 2.24) is 19.7 Å². The van der Waals surface area contributed by atoms with Crippen LogP contribution in [-0.2, 0) is 0 Å². The van der Waals surface area contributed by atoms with Crippen molar-refractivity contribution in [1.29, 1.82) is 0 Å². The highest BCUT2D eigenvalue weighted by Crippen LogP contribution is 2.23. The predicted octanol–water partition coefficient (Wildman–Crippen LogP) is 4.64. The summed E-state index contributed by atoms with van der Waals surface area (Å²) < 4.78 is 16.9. The molecular weight excluding hydrogens is 379 g/mol. The maximum Gasteiger partial charge on any atom is 0.257 e. The maximum absolute atomic E-state index is 13.4. The molecule has 0 aliphatic heterocycles. The van der Waals surface area contributed by atoms with E-state index in [-0.39, 0.29) is 17.6 Å². The van der Waals surface area contributed by atoms with Crippen LogP contribution in [0.3, 0.4) is 0 Å². The fourth-order valence-corrected chi connectivity index (χ4v) is 3.49. The van der Waals surface area contributed by atoms with Crippen molar-refractivity contribution in [3.8, 4) is 11.5 Å². The molecule has 0 radical (unpaired) electrons. The number of aryl methyl sites for hydroxylation is 1. The summed E-state index contributed by atoms with van der Waals surface area (Å²) in [4.78, 5) is 13.2. The highest BCUT2D eigenvalue weighted by molar-refractivity contribution is 5.98. The van der Waals surface area contributed by atoms with Gasteiger partial charge in [0, 0.05) is 18.9 Å². The first kappa shape index (κ1) is 19.6. The van der Waals surface area contributed by atoms with Crippen LogP contribution in [0.4, 0.5) is 4.39 Å². The number of hydrogen-bond donors (Lipinski definition) is 1. The van der Waals surface area contributed by atoms with Crippen molar-refractivity contribution in [2.45, 2.75) is 19.8 Å². The summed E-state index contributed by atoms with van der Waals surface area (Å²) in [5, 5.41) is 7.63. The topological polar surface area (TPSA) is 51.9 Å². The third kappa shape index (κ3) is 3.89. The van der Waals surface area contributed by atoms with Gasteiger partial charge in [0.15, 0.2) is 5.82 Å². The van der Waals surface area contributed by atoms with Crippen molar-refractivity contribution in [3.05, 3.63) is 102 Å². The average Bonchev–Trinajstić information content (AvgIpc) is 3.40. The maximum atomic E-state index is 13.4. The van der Waals surface area contributed by atoms with Crippen molar-refractivity contribution >= 4 is 5.91 Å². The molecule has 1 amide bonds. The average molecular weight is 402 g/mol. The van der Waals surface area contributed by atoms with Crippen molar-refractivity contribution in [2.24, 2.45) is 0 Å². The van der Waals surface area contributed by atoms with Crippen LogP contribution in [0.2, 0.25) is 0 Å². The van der Waals surface area contributed by atoms with Crippen LogP contribution in [-0.4, -0.2) is 26.8 Å². The Morgan fingerprint density at radius 3 is 2.37 bits per heavy atom. The van der Waals surface area contributed by atoms with E-state index in [0.717, 1.165) is 0 Å². The van der Waals surface area contributed by atoms with Crippen molar-refractivity contribution in [3.63, 3.8) is 0 Å². The van der Waals surface area contributed by atoms with Crippen LogP contribution in [0.25, 0.3) is 11.5 Å². The van der Waals surface area contributed by atoms with E-state index in [9.17, 15) is 9.18 Å². The number of nitrogens with zero attached hydrogens (tertiary/aromatic N) is 3. The Labute approximate surface area is 174 Å². The molecule has 2 aromatic heterocycles. The Hall–Kier alpha value is -3.67. The SMILES string of the molecule is Cc1nn(-c2ccc(F)cc2)c(-n2cccc2)c1C(=O)NC[C@H](C)c1ccccc1. The molecule has 30 heavy (non-hydrogen) atoms. The standard InChI is InChI=1S/C24H23FN4O/c1-17(19-8-4-3-5-9-19)16-26-23(30)22-18(2)27-29(21-12-10-20(25)11-13-21)24(22)28-14-6-7-15-28/h3-15,17H,16H2,1-2H3,(H,26,30)/t17-/m0/s1. The first-order chi connectivity index (χ1) is 14.5. The quantitative estimate of drug-likeness (QED) is 0.511. The van der Waals surface area contributed by atoms with E-state index in [1.807, 2.05) is 54.2 Å². The third-order valence-corrected chi connectivity index (χ3v) is 5.12. The van der Waals surface area contributed by atoms with Crippen LogP contribution in [0.15, 0.2) is 79.1 Å². The fourth-order valence-electron chi connectivity index (χ4n) is 3.49. The first-order valence-electron chi connectivity index (χ1n) is 9.86. The molecule has 4 aromatic rings. The van der Waals surface area contributed by atoms with Crippen LogP contribution >= 0.6 is 0 Å². The number of carbonyl (C=O) groups is 1. The minimum absolute atomic E-state index is 0.178. The number of halogens is 1. The summed E-state index contributed by atoms with van der Waals surface area (Å²) in [5.74, 6) is 0.289. The lowest BCUT2D eigenvalue weighted by Crippen LogP contribution is -2.28. The number of amides is 1. The van der Waals surface area contributed by atoms with Gasteiger partial charge >= 0.3 is 0 Å². The molecule has 0 spiro atoms. The van der Waals surface area contributed by atoms with Gasteiger partial charge in [-0.15, -0.1) is 0 Å². The van der Waals surface area contributed by atoms with E-state index in [1.54, 1.807) is 16.8 Å². The largest absolute Gasteiger partial charge is 0.351 e. The summed E-state index contributed by atoms with van der Waals surface area (Å²) in [7, 11) is 0. The van der Waals surface area contributed by atoms with E-state index in [2.05, 4.69) is 29.5 Å². The number of carbonyl (C=O) groups excluding carboxylic acids is 1. The number of aromatic nitrogens is 3. The van der Waals surface area contributed by atoms with Gasteiger partial charge in [0.05, 0.1) is 11.4 Å². The van der Waals surface area contributed by atoms with Crippen LogP contribution in [0.5, 0.6) is 0 Å². The molecule has 2 heterocycles. The Morgan fingerprint density at radius 1 is 1.03 bits per heavy atom. The minimum atomic E-state index is -0.321. The smallest absolute Gasteiger partial charge is 0.257 e. The van der Waals surface area contributed by atoms with E-state index in [4.69, 9.17) is 0 Å². The molecule has 0 aliphatic carbocycles. The second-order valence-electron chi connectivity index (χ2n) is 7.28. The monoisotopic (exact) mass is 402 g/mol. The zero-order valence-corrected chi connectivity index (χ0v) is 16.9. The molecule has 6 heteroatoms. The molecule has 152 valence electrons. The Morgan fingerprint density at radius 2 is 1.70 bits per heavy atom. The van der Waals surface area contributed by atoms with Gasteiger partial charge in [-0.05, 0) is 54.8 Å². The summed E-state index contributed by atoms with van der Waals surface area (Å²) in [6.45, 7) is 4.40. The second kappa shape index (κ2) is 8.37. The van der Waals surface area contributed by atoms with Crippen LogP contribution < -0.4 is 5.32 Å². The lowest BCUT2D eigenvalue weighted by Gasteiger charge is -2.14. The van der Waals surface area contributed by atoms with Gasteiger partial charge in [-0.2, -0.15) is 5.10 Å². The Bertz CT molecular complexity index is 1130. The summed E-state index contributed by atoms with van der Waals surface area (Å²) in [5.41, 5.74) is 2.95. The molecule has 1 atom stereocenters. The molecule has 0 saturated carbocycles. The van der Waals surface area contributed by atoms with E-state index in [1.165, 1.54) is 17.7 Å². The predicted molar refractivity (Wildman–Crippen MR) is 115 cm³/mol. The lowest BCUT2D eigenvalue weighted by atomic mass is 10.0. The number of nitrogens with one attached hydrogen (secondary N) is 1. The fraction of sp³-hybridized carbons (Fsp3) is 0.167. The van der Waals surface area contributed by atoms with Gasteiger partial charge in [0.25, 0.3) is 5.91 Å². The Balaban J connectivity index is 1.67.